The number of aromatic nitrogens is 3. The van der Waals surface area contributed by atoms with E-state index >= 15 is 0 Å². The Morgan fingerprint density at radius 3 is 2.35 bits per heavy atom. The van der Waals surface area contributed by atoms with Gasteiger partial charge in [0.25, 0.3) is 5.91 Å². The minimum Gasteiger partial charge on any atom is -0.323 e. The molecule has 9 heteroatoms. The summed E-state index contributed by atoms with van der Waals surface area (Å²) in [4.78, 5) is 30.4. The Morgan fingerprint density at radius 1 is 1.10 bits per heavy atom. The van der Waals surface area contributed by atoms with Crippen LogP contribution in [0.3, 0.4) is 0 Å². The summed E-state index contributed by atoms with van der Waals surface area (Å²) in [5, 5.41) is 11.3. The van der Waals surface area contributed by atoms with Crippen LogP contribution in [0.1, 0.15) is 64.5 Å². The van der Waals surface area contributed by atoms with Gasteiger partial charge in [0.05, 0.1) is 27.1 Å². The van der Waals surface area contributed by atoms with E-state index in [1.54, 1.807) is 29.8 Å². The van der Waals surface area contributed by atoms with Crippen LogP contribution in [0.4, 0.5) is 11.4 Å². The molecule has 0 saturated carbocycles. The lowest BCUT2D eigenvalue weighted by Gasteiger charge is -2.15. The number of thiazole rings is 1. The largest absolute Gasteiger partial charge is 0.323 e. The number of rotatable bonds is 6. The molecule has 2 heterocycles. The van der Waals surface area contributed by atoms with Gasteiger partial charge in [0.15, 0.2) is 0 Å². The van der Waals surface area contributed by atoms with Gasteiger partial charge >= 0.3 is 0 Å². The zero-order chi connectivity index (χ0) is 22.9. The molecule has 3 rings (SSSR count). The Balaban J connectivity index is 1.70. The van der Waals surface area contributed by atoms with Gasteiger partial charge in [0.1, 0.15) is 10.9 Å². The van der Waals surface area contributed by atoms with E-state index in [0.29, 0.717) is 27.0 Å². The van der Waals surface area contributed by atoms with Crippen LogP contribution in [-0.2, 0) is 4.79 Å². The van der Waals surface area contributed by atoms with Gasteiger partial charge in [-0.2, -0.15) is 5.10 Å². The smallest absolute Gasteiger partial charge is 0.267 e. The molecule has 0 bridgehead atoms. The van der Waals surface area contributed by atoms with Crippen molar-refractivity contribution in [1.82, 2.24) is 14.8 Å². The first kappa shape index (κ1) is 23.0. The number of aryl methyl sites for hydroxylation is 3. The first-order chi connectivity index (χ1) is 14.6. The highest BCUT2D eigenvalue weighted by Crippen LogP contribution is 2.29. The molecule has 0 aliphatic rings. The molecule has 0 fully saturated rings. The number of halogens is 1. The lowest BCUT2D eigenvalue weighted by molar-refractivity contribution is -0.119. The van der Waals surface area contributed by atoms with Crippen LogP contribution < -0.4 is 10.6 Å². The van der Waals surface area contributed by atoms with Gasteiger partial charge in [-0.3, -0.25) is 14.3 Å². The summed E-state index contributed by atoms with van der Waals surface area (Å²) in [6.45, 7) is 11.5. The first-order valence-corrected chi connectivity index (χ1v) is 11.2. The average Bonchev–Trinajstić information content (AvgIpc) is 3.25. The normalized spacial score (nSPS) is 12.1. The highest BCUT2D eigenvalue weighted by molar-refractivity contribution is 7.14. The summed E-state index contributed by atoms with van der Waals surface area (Å²) < 4.78 is 1.68. The summed E-state index contributed by atoms with van der Waals surface area (Å²) in [7, 11) is 0. The minimum absolute atomic E-state index is 0.229. The standard InChI is InChI=1S/C22H26ClN5O2S/c1-11(2)22-24-14(5)19(31-22)21(30)25-16-7-8-18(17(23)10-16)26-20(29)15(6)28-13(4)9-12(3)27-28/h7-11,15H,1-6H3,(H,25,30)(H,26,29). The van der Waals surface area contributed by atoms with Crippen LogP contribution in [0.2, 0.25) is 5.02 Å². The number of carbonyl (C=O) groups excluding carboxylic acids is 2. The van der Waals surface area contributed by atoms with Crippen molar-refractivity contribution in [2.24, 2.45) is 0 Å². The number of benzene rings is 1. The van der Waals surface area contributed by atoms with Crippen molar-refractivity contribution in [1.29, 1.82) is 0 Å². The molecular formula is C22H26ClN5O2S. The minimum atomic E-state index is -0.492. The van der Waals surface area contributed by atoms with Gasteiger partial charge in [-0.15, -0.1) is 11.3 Å². The number of anilines is 2. The number of amides is 2. The molecule has 0 spiro atoms. The van der Waals surface area contributed by atoms with E-state index < -0.39 is 6.04 Å². The van der Waals surface area contributed by atoms with E-state index in [0.717, 1.165) is 16.4 Å². The lowest BCUT2D eigenvalue weighted by Crippen LogP contribution is -2.25. The van der Waals surface area contributed by atoms with Gasteiger partial charge in [-0.05, 0) is 52.0 Å². The fraction of sp³-hybridized carbons (Fsp3) is 0.364. The van der Waals surface area contributed by atoms with Crippen LogP contribution >= 0.6 is 22.9 Å². The summed E-state index contributed by atoms with van der Waals surface area (Å²) in [6, 6.07) is 6.41. The monoisotopic (exact) mass is 459 g/mol. The molecule has 1 unspecified atom stereocenters. The van der Waals surface area contributed by atoms with E-state index in [1.807, 2.05) is 40.7 Å². The molecule has 1 aromatic carbocycles. The number of hydrogen-bond donors (Lipinski definition) is 2. The van der Waals surface area contributed by atoms with E-state index in [2.05, 4.69) is 20.7 Å². The second-order valence-corrected chi connectivity index (χ2v) is 9.24. The molecule has 0 aliphatic heterocycles. The van der Waals surface area contributed by atoms with Gasteiger partial charge in [0.2, 0.25) is 5.91 Å². The number of carbonyl (C=O) groups is 2. The first-order valence-electron chi connectivity index (χ1n) is 9.98. The van der Waals surface area contributed by atoms with Crippen molar-refractivity contribution in [2.45, 2.75) is 53.5 Å². The van der Waals surface area contributed by atoms with Gasteiger partial charge < -0.3 is 10.6 Å². The lowest BCUT2D eigenvalue weighted by atomic mass is 10.2. The molecule has 0 radical (unpaired) electrons. The van der Waals surface area contributed by atoms with Crippen LogP contribution in [0.5, 0.6) is 0 Å². The maximum atomic E-state index is 12.7. The topological polar surface area (TPSA) is 88.9 Å². The fourth-order valence-electron chi connectivity index (χ4n) is 3.14. The molecule has 2 N–H and O–H groups in total. The Kier molecular flexibility index (Phi) is 6.81. The third-order valence-electron chi connectivity index (χ3n) is 4.79. The average molecular weight is 460 g/mol. The molecule has 7 nitrogen and oxygen atoms in total. The zero-order valence-corrected chi connectivity index (χ0v) is 20.0. The summed E-state index contributed by atoms with van der Waals surface area (Å²) in [5.74, 6) is -0.196. The van der Waals surface area contributed by atoms with Gasteiger partial charge in [0, 0.05) is 17.3 Å². The molecule has 2 amide bonds. The van der Waals surface area contributed by atoms with E-state index in [9.17, 15) is 9.59 Å². The molecular weight excluding hydrogens is 434 g/mol. The van der Waals surface area contributed by atoms with Crippen molar-refractivity contribution in [2.75, 3.05) is 10.6 Å². The summed E-state index contributed by atoms with van der Waals surface area (Å²) >= 11 is 7.76. The Bertz CT molecular complexity index is 1140. The van der Waals surface area contributed by atoms with Crippen LogP contribution in [0.25, 0.3) is 0 Å². The van der Waals surface area contributed by atoms with Crippen LogP contribution in [0, 0.1) is 20.8 Å². The third kappa shape index (κ3) is 5.14. The predicted octanol–water partition coefficient (Wildman–Crippen LogP) is 5.49. The highest BCUT2D eigenvalue weighted by Gasteiger charge is 2.20. The SMILES string of the molecule is Cc1cc(C)n(C(C)C(=O)Nc2ccc(NC(=O)c3sc(C(C)C)nc3C)cc2Cl)n1. The molecule has 3 aromatic rings. The van der Waals surface area contributed by atoms with Crippen molar-refractivity contribution in [3.8, 4) is 0 Å². The molecule has 0 aliphatic carbocycles. The number of nitrogens with one attached hydrogen (secondary N) is 2. The van der Waals surface area contributed by atoms with Crippen molar-refractivity contribution in [3.05, 3.63) is 56.3 Å². The fourth-order valence-corrected chi connectivity index (χ4v) is 4.34. The van der Waals surface area contributed by atoms with Crippen molar-refractivity contribution in [3.63, 3.8) is 0 Å². The third-order valence-corrected chi connectivity index (χ3v) is 6.56. The molecule has 1 atom stereocenters. The van der Waals surface area contributed by atoms with E-state index in [4.69, 9.17) is 11.6 Å². The van der Waals surface area contributed by atoms with Crippen LogP contribution in [0.15, 0.2) is 24.3 Å². The van der Waals surface area contributed by atoms with E-state index in [-0.39, 0.29) is 17.7 Å². The molecule has 164 valence electrons. The summed E-state index contributed by atoms with van der Waals surface area (Å²) in [6.07, 6.45) is 0. The second-order valence-electron chi connectivity index (χ2n) is 7.81. The van der Waals surface area contributed by atoms with Crippen molar-refractivity contribution < 1.29 is 9.59 Å². The molecule has 0 saturated heterocycles. The Labute approximate surface area is 190 Å². The molecule has 2 aromatic heterocycles. The number of hydrogen-bond acceptors (Lipinski definition) is 5. The summed E-state index contributed by atoms with van der Waals surface area (Å²) in [5.41, 5.74) is 3.47. The number of nitrogens with zero attached hydrogens (tertiary/aromatic N) is 3. The van der Waals surface area contributed by atoms with Gasteiger partial charge in [-0.1, -0.05) is 25.4 Å². The maximum Gasteiger partial charge on any atom is 0.267 e. The van der Waals surface area contributed by atoms with Crippen LogP contribution in [-0.4, -0.2) is 26.6 Å². The predicted molar refractivity (Wildman–Crippen MR) is 125 cm³/mol. The Morgan fingerprint density at radius 2 is 1.81 bits per heavy atom. The highest BCUT2D eigenvalue weighted by atomic mass is 35.5. The van der Waals surface area contributed by atoms with Crippen molar-refractivity contribution >= 4 is 46.1 Å². The quantitative estimate of drug-likeness (QED) is 0.509. The Hall–Kier alpha value is -2.71. The molecule has 31 heavy (non-hydrogen) atoms. The van der Waals surface area contributed by atoms with E-state index in [1.165, 1.54) is 11.3 Å². The maximum absolute atomic E-state index is 12.7. The second kappa shape index (κ2) is 9.20. The zero-order valence-electron chi connectivity index (χ0n) is 18.4. The van der Waals surface area contributed by atoms with Gasteiger partial charge in [-0.25, -0.2) is 4.98 Å².